The van der Waals surface area contributed by atoms with Crippen LogP contribution in [-0.4, -0.2) is 94.4 Å². The first-order valence-electron chi connectivity index (χ1n) is 23.0. The number of ether oxygens (including phenoxy) is 1. The lowest BCUT2D eigenvalue weighted by Gasteiger charge is -2.34. The van der Waals surface area contributed by atoms with Gasteiger partial charge in [-0.2, -0.15) is 18.4 Å². The van der Waals surface area contributed by atoms with Crippen molar-refractivity contribution >= 4 is 58.2 Å². The lowest BCUT2D eigenvalue weighted by atomic mass is 9.76. The smallest absolute Gasteiger partial charge is 0.391 e. The summed E-state index contributed by atoms with van der Waals surface area (Å²) in [6, 6.07) is 17.0. The Morgan fingerprint density at radius 2 is 1.63 bits per heavy atom. The third kappa shape index (κ3) is 12.4. The molecule has 15 nitrogen and oxygen atoms in total. The van der Waals surface area contributed by atoms with Crippen molar-refractivity contribution in [2.75, 3.05) is 36.1 Å². The van der Waals surface area contributed by atoms with Crippen molar-refractivity contribution in [3.63, 3.8) is 0 Å². The van der Waals surface area contributed by atoms with Gasteiger partial charge in [0.2, 0.25) is 17.7 Å². The number of amides is 6. The number of alkyl halides is 3. The molecule has 2 aliphatic rings. The Bertz CT molecular complexity index is 2620. The average molecular weight is 986 g/mol. The first-order chi connectivity index (χ1) is 33.0. The zero-order chi connectivity index (χ0) is 51.1. The van der Waals surface area contributed by atoms with Gasteiger partial charge in [-0.15, -0.1) is 11.3 Å². The third-order valence-corrected chi connectivity index (χ3v) is 13.6. The molecular weight excluding hydrogens is 928 g/mol. The number of rotatable bonds is 19. The molecule has 0 saturated carbocycles. The molecule has 1 aromatic heterocycles. The number of carbonyl (C=O) groups excluding carboxylic acids is 6. The number of halogens is 3. The number of nitriles is 1. The molecule has 2 aliphatic heterocycles. The topological polar surface area (TPSA) is 202 Å². The van der Waals surface area contributed by atoms with Crippen LogP contribution in [0, 0.1) is 29.6 Å². The minimum Gasteiger partial charge on any atom is -0.391 e. The van der Waals surface area contributed by atoms with E-state index in [0.29, 0.717) is 29.5 Å². The number of likely N-dealkylation sites (tertiary alicyclic amines) is 1. The van der Waals surface area contributed by atoms with Crippen LogP contribution in [0.5, 0.6) is 0 Å². The van der Waals surface area contributed by atoms with Gasteiger partial charge in [-0.25, -0.2) is 14.7 Å². The van der Waals surface area contributed by atoms with Crippen LogP contribution in [0.1, 0.15) is 94.7 Å². The predicted octanol–water partition coefficient (Wildman–Crippen LogP) is 7.51. The number of nitrogens with one attached hydrogen (secondary N) is 2. The summed E-state index contributed by atoms with van der Waals surface area (Å²) in [6.45, 7) is 11.2. The number of anilines is 2. The van der Waals surface area contributed by atoms with Gasteiger partial charge < -0.3 is 25.4 Å². The van der Waals surface area contributed by atoms with Crippen molar-refractivity contribution in [3.05, 3.63) is 100 Å². The van der Waals surface area contributed by atoms with Crippen LogP contribution in [0.2, 0.25) is 0 Å². The van der Waals surface area contributed by atoms with E-state index >= 15 is 0 Å². The highest BCUT2D eigenvalue weighted by Gasteiger charge is 2.53. The maximum absolute atomic E-state index is 14.0. The zero-order valence-electron chi connectivity index (χ0n) is 40.0. The van der Waals surface area contributed by atoms with E-state index in [1.807, 2.05) is 52.0 Å². The molecule has 19 heteroatoms. The number of aliphatic hydroxyl groups is 1. The third-order valence-electron chi connectivity index (χ3n) is 12.6. The van der Waals surface area contributed by atoms with Crippen LogP contribution < -0.4 is 20.4 Å². The zero-order valence-corrected chi connectivity index (χ0v) is 40.8. The predicted molar refractivity (Wildman–Crippen MR) is 256 cm³/mol. The molecule has 2 saturated heterocycles. The number of β-amino-alcohol motifs (C(OH)–C–C–N with tert-alkyl or cyclic N) is 1. The van der Waals surface area contributed by atoms with Crippen molar-refractivity contribution in [2.45, 2.75) is 110 Å². The van der Waals surface area contributed by atoms with Gasteiger partial charge in [-0.3, -0.25) is 28.9 Å². The number of aliphatic hydroxyl groups excluding tert-OH is 1. The molecule has 6 rings (SSSR count). The van der Waals surface area contributed by atoms with E-state index in [4.69, 9.17) is 10.00 Å². The van der Waals surface area contributed by atoms with E-state index in [2.05, 4.69) is 15.6 Å². The van der Waals surface area contributed by atoms with Crippen LogP contribution in [-0.2, 0) is 47.9 Å². The first kappa shape index (κ1) is 52.9. The fraction of sp³-hybridized carbons (Fsp3) is 0.451. The van der Waals surface area contributed by atoms with Gasteiger partial charge in [0.25, 0.3) is 5.91 Å². The minimum absolute atomic E-state index is 0.0142. The summed E-state index contributed by atoms with van der Waals surface area (Å²) in [5.41, 5.74) is 1.57. The molecule has 372 valence electrons. The summed E-state index contributed by atoms with van der Waals surface area (Å²) < 4.78 is 46.6. The highest BCUT2D eigenvalue weighted by atomic mass is 32.1. The molecule has 6 amide bonds. The summed E-state index contributed by atoms with van der Waals surface area (Å²) in [5.74, 6) is -2.64. The molecule has 3 N–H and O–H groups in total. The Morgan fingerprint density at radius 3 is 2.26 bits per heavy atom. The van der Waals surface area contributed by atoms with E-state index in [1.165, 1.54) is 29.7 Å². The maximum Gasteiger partial charge on any atom is 0.417 e. The summed E-state index contributed by atoms with van der Waals surface area (Å²) in [5, 5.41) is 25.4. The Hall–Kier alpha value is -6.49. The molecule has 3 heterocycles. The minimum atomic E-state index is -4.88. The quantitative estimate of drug-likeness (QED) is 0.0624. The van der Waals surface area contributed by atoms with Crippen LogP contribution in [0.15, 0.2) is 72.2 Å². The number of benzene rings is 3. The SMILES string of the molecule is Cc1ncsc1-c1ccc(CNC(=O)[C@@H]2C[C@@H](O)CN2C(=O)[C@@H](CC(=O)CCOCCNC(=O)CCCc2ccc(N3C(=O)N(c4ccc(C#N)c(C(F)(F)F)c4)C(=O)C3(C)C)cc2)C(C)(C)C)cc1. The van der Waals surface area contributed by atoms with Gasteiger partial charge in [0, 0.05) is 56.9 Å². The van der Waals surface area contributed by atoms with Crippen molar-refractivity contribution in [3.8, 4) is 16.5 Å². The number of thiazole rings is 1. The van der Waals surface area contributed by atoms with Crippen LogP contribution >= 0.6 is 11.3 Å². The number of ketones is 1. The first-order valence-corrected chi connectivity index (χ1v) is 23.9. The lowest BCUT2D eigenvalue weighted by molar-refractivity contribution is -0.146. The number of hydrogen-bond donors (Lipinski definition) is 3. The number of aromatic nitrogens is 1. The number of carbonyl (C=O) groups is 6. The normalized spacial score (nSPS) is 17.4. The Labute approximate surface area is 409 Å². The van der Waals surface area contributed by atoms with E-state index < -0.39 is 58.3 Å². The van der Waals surface area contributed by atoms with Crippen molar-refractivity contribution in [2.24, 2.45) is 11.3 Å². The second-order valence-electron chi connectivity index (χ2n) is 19.1. The fourth-order valence-electron chi connectivity index (χ4n) is 8.62. The largest absolute Gasteiger partial charge is 0.417 e. The van der Waals surface area contributed by atoms with Crippen molar-refractivity contribution in [1.82, 2.24) is 20.5 Å². The second-order valence-corrected chi connectivity index (χ2v) is 20.0. The average Bonchev–Trinajstić information content (AvgIpc) is 3.97. The molecule has 0 radical (unpaired) electrons. The molecule has 0 bridgehead atoms. The van der Waals surface area contributed by atoms with Crippen molar-refractivity contribution < 1.29 is 51.8 Å². The van der Waals surface area contributed by atoms with Crippen LogP contribution in [0.25, 0.3) is 10.4 Å². The highest BCUT2D eigenvalue weighted by molar-refractivity contribution is 7.13. The molecular formula is C51H58F3N7O8S. The Kier molecular flexibility index (Phi) is 16.7. The monoisotopic (exact) mass is 985 g/mol. The Balaban J connectivity index is 0.900. The summed E-state index contributed by atoms with van der Waals surface area (Å²) in [7, 11) is 0. The summed E-state index contributed by atoms with van der Waals surface area (Å²) >= 11 is 1.56. The number of Topliss-reactive ketones (excluding diaryl/α,β-unsaturated/α-hetero) is 1. The van der Waals surface area contributed by atoms with Crippen LogP contribution in [0.4, 0.5) is 29.3 Å². The van der Waals surface area contributed by atoms with Gasteiger partial charge in [0.15, 0.2) is 0 Å². The molecule has 0 spiro atoms. The van der Waals surface area contributed by atoms with E-state index in [1.54, 1.807) is 41.1 Å². The van der Waals surface area contributed by atoms with Gasteiger partial charge in [0.05, 0.1) is 58.3 Å². The van der Waals surface area contributed by atoms with Gasteiger partial charge in [-0.05, 0) is 86.1 Å². The number of aryl methyl sites for hydroxylation is 2. The summed E-state index contributed by atoms with van der Waals surface area (Å²) in [6.07, 6.45) is -4.51. The number of urea groups is 1. The fourth-order valence-corrected chi connectivity index (χ4v) is 9.43. The number of imide groups is 1. The molecule has 2 fully saturated rings. The molecule has 70 heavy (non-hydrogen) atoms. The maximum atomic E-state index is 14.0. The van der Waals surface area contributed by atoms with Gasteiger partial charge >= 0.3 is 12.2 Å². The molecule has 0 unspecified atom stereocenters. The van der Waals surface area contributed by atoms with E-state index in [9.17, 15) is 47.0 Å². The van der Waals surface area contributed by atoms with Crippen molar-refractivity contribution in [1.29, 1.82) is 5.26 Å². The molecule has 3 aromatic carbocycles. The number of nitrogens with zero attached hydrogens (tertiary/aromatic N) is 5. The highest BCUT2D eigenvalue weighted by Crippen LogP contribution is 2.40. The van der Waals surface area contributed by atoms with E-state index in [0.717, 1.165) is 39.4 Å². The van der Waals surface area contributed by atoms with Crippen LogP contribution in [0.3, 0.4) is 0 Å². The van der Waals surface area contributed by atoms with Gasteiger partial charge in [-0.1, -0.05) is 57.2 Å². The van der Waals surface area contributed by atoms with Gasteiger partial charge in [0.1, 0.15) is 17.4 Å². The molecule has 3 atom stereocenters. The second kappa shape index (κ2) is 22.1. The molecule has 4 aromatic rings. The number of hydrogen-bond acceptors (Lipinski definition) is 11. The summed E-state index contributed by atoms with van der Waals surface area (Å²) in [4.78, 5) is 88.9. The standard InChI is InChI=1S/C51H58F3N7O8S/c1-31-44(70-30-58-31)34-14-10-33(11-15-34)28-57-45(65)42-26-39(63)29-59(42)46(66)41(49(2,3)4)25-38(62)20-22-69-23-21-56-43(64)9-7-8-32-12-17-36(18-13-32)61-48(68)60(47(67)50(61,5)6)37-19-16-35(27-55)40(24-37)51(52,53)54/h10-19,24,30,39,41-42,63H,7-9,20-23,25-26,28-29H2,1-6H3,(H,56,64)(H,57,65)/t39-,41-,42+/m1/s1. The van der Waals surface area contributed by atoms with E-state index in [-0.39, 0.29) is 87.7 Å². The molecule has 0 aliphatic carbocycles. The lowest BCUT2D eigenvalue weighted by Crippen LogP contribution is -2.50. The Morgan fingerprint density at radius 1 is 0.957 bits per heavy atom.